The molecule has 0 bridgehead atoms. The van der Waals surface area contributed by atoms with Gasteiger partial charge in [0.1, 0.15) is 11.6 Å². The van der Waals surface area contributed by atoms with Crippen molar-refractivity contribution in [3.05, 3.63) is 29.5 Å². The van der Waals surface area contributed by atoms with Gasteiger partial charge in [-0.05, 0) is 26.8 Å². The van der Waals surface area contributed by atoms with E-state index in [0.717, 1.165) is 34.9 Å². The van der Waals surface area contributed by atoms with Gasteiger partial charge in [-0.2, -0.15) is 10.2 Å². The van der Waals surface area contributed by atoms with Gasteiger partial charge in [0, 0.05) is 24.7 Å². The molecule has 0 aliphatic heterocycles. The zero-order valence-electron chi connectivity index (χ0n) is 15.2. The molecule has 0 unspecified atom stereocenters. The standard InChI is InChI=1S/C17H25N7/c1-10(2)15-20-16(14-8-18-23(6)17(14)21-15)19-12(4)9-24-13(5)7-11(3)22-24/h7-8,10,12H,9H2,1-6H3,(H,19,20,21)/t12-/m1/s1. The van der Waals surface area contributed by atoms with Crippen molar-refractivity contribution in [3.63, 3.8) is 0 Å². The predicted octanol–water partition coefficient (Wildman–Crippen LogP) is 2.80. The highest BCUT2D eigenvalue weighted by Gasteiger charge is 2.16. The number of nitrogens with one attached hydrogen (secondary N) is 1. The Balaban J connectivity index is 1.89. The first-order chi connectivity index (χ1) is 11.3. The number of aromatic nitrogens is 6. The van der Waals surface area contributed by atoms with Crippen LogP contribution in [0.5, 0.6) is 0 Å². The van der Waals surface area contributed by atoms with E-state index in [1.807, 2.05) is 24.9 Å². The molecular formula is C17H25N7. The van der Waals surface area contributed by atoms with Crippen molar-refractivity contribution in [1.29, 1.82) is 0 Å². The summed E-state index contributed by atoms with van der Waals surface area (Å²) in [7, 11) is 1.91. The number of fused-ring (bicyclic) bond motifs is 1. The van der Waals surface area contributed by atoms with Crippen LogP contribution < -0.4 is 5.32 Å². The Morgan fingerprint density at radius 2 is 1.92 bits per heavy atom. The van der Waals surface area contributed by atoms with E-state index in [-0.39, 0.29) is 12.0 Å². The third-order valence-corrected chi connectivity index (χ3v) is 4.06. The summed E-state index contributed by atoms with van der Waals surface area (Å²) in [6.45, 7) is 11.2. The van der Waals surface area contributed by atoms with Crippen molar-refractivity contribution in [2.45, 2.75) is 53.1 Å². The Morgan fingerprint density at radius 1 is 1.17 bits per heavy atom. The summed E-state index contributed by atoms with van der Waals surface area (Å²) >= 11 is 0. The molecule has 0 aromatic carbocycles. The molecule has 3 aromatic rings. The van der Waals surface area contributed by atoms with Crippen LogP contribution in [0.2, 0.25) is 0 Å². The fourth-order valence-corrected chi connectivity index (χ4v) is 2.81. The fourth-order valence-electron chi connectivity index (χ4n) is 2.81. The lowest BCUT2D eigenvalue weighted by Crippen LogP contribution is -2.24. The van der Waals surface area contributed by atoms with Crippen LogP contribution in [0.25, 0.3) is 11.0 Å². The third-order valence-electron chi connectivity index (χ3n) is 4.06. The highest BCUT2D eigenvalue weighted by atomic mass is 15.3. The monoisotopic (exact) mass is 327 g/mol. The van der Waals surface area contributed by atoms with Crippen LogP contribution in [0.1, 0.15) is 43.9 Å². The quantitative estimate of drug-likeness (QED) is 0.780. The zero-order valence-corrected chi connectivity index (χ0v) is 15.2. The molecule has 0 saturated carbocycles. The van der Waals surface area contributed by atoms with Crippen LogP contribution in [0.4, 0.5) is 5.82 Å². The Labute approximate surface area is 142 Å². The van der Waals surface area contributed by atoms with E-state index in [1.165, 1.54) is 5.69 Å². The van der Waals surface area contributed by atoms with Crippen LogP contribution in [-0.4, -0.2) is 35.6 Å². The lowest BCUT2D eigenvalue weighted by atomic mass is 10.2. The van der Waals surface area contributed by atoms with Gasteiger partial charge >= 0.3 is 0 Å². The molecule has 0 radical (unpaired) electrons. The third kappa shape index (κ3) is 3.11. The maximum absolute atomic E-state index is 4.72. The Hall–Kier alpha value is -2.44. The van der Waals surface area contributed by atoms with Crippen molar-refractivity contribution >= 4 is 16.9 Å². The van der Waals surface area contributed by atoms with Gasteiger partial charge in [-0.25, -0.2) is 9.97 Å². The van der Waals surface area contributed by atoms with Crippen molar-refractivity contribution in [3.8, 4) is 0 Å². The smallest absolute Gasteiger partial charge is 0.163 e. The second kappa shape index (κ2) is 6.22. The van der Waals surface area contributed by atoms with Crippen LogP contribution in [0.3, 0.4) is 0 Å². The molecule has 0 aliphatic carbocycles. The van der Waals surface area contributed by atoms with E-state index < -0.39 is 0 Å². The van der Waals surface area contributed by atoms with Gasteiger partial charge < -0.3 is 5.32 Å². The first kappa shape index (κ1) is 16.4. The summed E-state index contributed by atoms with van der Waals surface area (Å²) in [5.41, 5.74) is 3.06. The summed E-state index contributed by atoms with van der Waals surface area (Å²) < 4.78 is 3.82. The molecule has 0 amide bonds. The van der Waals surface area contributed by atoms with Gasteiger partial charge in [-0.1, -0.05) is 13.8 Å². The number of nitrogens with zero attached hydrogens (tertiary/aromatic N) is 6. The lowest BCUT2D eigenvalue weighted by Gasteiger charge is -2.17. The van der Waals surface area contributed by atoms with Crippen LogP contribution in [0, 0.1) is 13.8 Å². The Bertz CT molecular complexity index is 859. The number of aryl methyl sites for hydroxylation is 3. The molecule has 3 heterocycles. The zero-order chi connectivity index (χ0) is 17.4. The Morgan fingerprint density at radius 3 is 2.54 bits per heavy atom. The molecule has 7 heteroatoms. The van der Waals surface area contributed by atoms with E-state index in [4.69, 9.17) is 4.98 Å². The molecule has 7 nitrogen and oxygen atoms in total. The molecule has 3 aromatic heterocycles. The summed E-state index contributed by atoms with van der Waals surface area (Å²) in [4.78, 5) is 9.35. The van der Waals surface area contributed by atoms with Crippen molar-refractivity contribution in [2.75, 3.05) is 5.32 Å². The number of hydrogen-bond donors (Lipinski definition) is 1. The molecule has 3 rings (SSSR count). The molecule has 0 spiro atoms. The largest absolute Gasteiger partial charge is 0.365 e. The molecule has 0 fully saturated rings. The molecule has 24 heavy (non-hydrogen) atoms. The van der Waals surface area contributed by atoms with E-state index in [9.17, 15) is 0 Å². The van der Waals surface area contributed by atoms with Crippen molar-refractivity contribution in [1.82, 2.24) is 29.5 Å². The molecular weight excluding hydrogens is 302 g/mol. The number of hydrogen-bond acceptors (Lipinski definition) is 5. The Kier molecular flexibility index (Phi) is 4.26. The first-order valence-electron chi connectivity index (χ1n) is 8.32. The predicted molar refractivity (Wildman–Crippen MR) is 95.2 cm³/mol. The van der Waals surface area contributed by atoms with Gasteiger partial charge in [-0.3, -0.25) is 9.36 Å². The average Bonchev–Trinajstić information content (AvgIpc) is 3.02. The van der Waals surface area contributed by atoms with Crippen molar-refractivity contribution in [2.24, 2.45) is 7.05 Å². The summed E-state index contributed by atoms with van der Waals surface area (Å²) in [6.07, 6.45) is 1.82. The number of anilines is 1. The summed E-state index contributed by atoms with van der Waals surface area (Å²) in [6, 6.07) is 2.27. The molecule has 1 atom stereocenters. The topological polar surface area (TPSA) is 73.5 Å². The van der Waals surface area contributed by atoms with Gasteiger partial charge in [0.25, 0.3) is 0 Å². The minimum Gasteiger partial charge on any atom is -0.365 e. The maximum Gasteiger partial charge on any atom is 0.163 e. The highest BCUT2D eigenvalue weighted by molar-refractivity contribution is 5.86. The normalized spacial score (nSPS) is 13.0. The van der Waals surface area contributed by atoms with Gasteiger partial charge in [0.15, 0.2) is 5.65 Å². The van der Waals surface area contributed by atoms with E-state index in [0.29, 0.717) is 0 Å². The SMILES string of the molecule is Cc1cc(C)n(C[C@@H](C)Nc2nc(C(C)C)nc3c2cnn3C)n1. The van der Waals surface area contributed by atoms with Crippen LogP contribution in [-0.2, 0) is 13.6 Å². The van der Waals surface area contributed by atoms with Crippen LogP contribution in [0.15, 0.2) is 12.3 Å². The molecule has 0 saturated heterocycles. The minimum absolute atomic E-state index is 0.182. The highest BCUT2D eigenvalue weighted by Crippen LogP contribution is 2.23. The lowest BCUT2D eigenvalue weighted by molar-refractivity contribution is 0.544. The molecule has 0 aliphatic rings. The average molecular weight is 327 g/mol. The number of rotatable bonds is 5. The van der Waals surface area contributed by atoms with Gasteiger partial charge in [0.05, 0.1) is 23.8 Å². The molecule has 1 N–H and O–H groups in total. The second-order valence-electron chi connectivity index (χ2n) is 6.75. The molecule has 128 valence electrons. The van der Waals surface area contributed by atoms with E-state index >= 15 is 0 Å². The van der Waals surface area contributed by atoms with Gasteiger partial charge in [-0.15, -0.1) is 0 Å². The van der Waals surface area contributed by atoms with Crippen molar-refractivity contribution < 1.29 is 0 Å². The maximum atomic E-state index is 4.72. The fraction of sp³-hybridized carbons (Fsp3) is 0.529. The summed E-state index contributed by atoms with van der Waals surface area (Å²) in [5.74, 6) is 1.92. The summed E-state index contributed by atoms with van der Waals surface area (Å²) in [5, 5.41) is 13.3. The van der Waals surface area contributed by atoms with E-state index in [1.54, 1.807) is 4.68 Å². The van der Waals surface area contributed by atoms with Crippen LogP contribution >= 0.6 is 0 Å². The first-order valence-corrected chi connectivity index (χ1v) is 8.32. The second-order valence-corrected chi connectivity index (χ2v) is 6.75. The van der Waals surface area contributed by atoms with Gasteiger partial charge in [0.2, 0.25) is 0 Å². The van der Waals surface area contributed by atoms with E-state index in [2.05, 4.69) is 54.3 Å². The minimum atomic E-state index is 0.182.